The summed E-state index contributed by atoms with van der Waals surface area (Å²) in [6.07, 6.45) is 2.79. The number of carboxylic acid groups (broad SMARTS) is 1. The Hall–Kier alpha value is -2.85. The average molecular weight is 532 g/mol. The van der Waals surface area contributed by atoms with Crippen LogP contribution in [0.15, 0.2) is 18.2 Å². The molecule has 0 aliphatic carbocycles. The zero-order valence-electron chi connectivity index (χ0n) is 23.0. The van der Waals surface area contributed by atoms with Crippen LogP contribution in [0.2, 0.25) is 0 Å². The molecule has 10 heteroatoms. The second kappa shape index (κ2) is 11.9. The molecule has 0 bridgehead atoms. The van der Waals surface area contributed by atoms with Gasteiger partial charge in [0.15, 0.2) is 11.5 Å². The van der Waals surface area contributed by atoms with Gasteiger partial charge in [-0.25, -0.2) is 5.06 Å². The maximum absolute atomic E-state index is 13.3. The fourth-order valence-corrected chi connectivity index (χ4v) is 5.80. The van der Waals surface area contributed by atoms with E-state index in [9.17, 15) is 19.5 Å². The van der Waals surface area contributed by atoms with Gasteiger partial charge in [0.05, 0.1) is 19.1 Å². The van der Waals surface area contributed by atoms with Crippen molar-refractivity contribution in [3.05, 3.63) is 23.8 Å². The van der Waals surface area contributed by atoms with Gasteiger partial charge in [-0.2, -0.15) is 0 Å². The lowest BCUT2D eigenvalue weighted by Crippen LogP contribution is -2.45. The third kappa shape index (κ3) is 5.91. The molecule has 10 nitrogen and oxygen atoms in total. The zero-order valence-corrected chi connectivity index (χ0v) is 23.0. The van der Waals surface area contributed by atoms with E-state index in [1.807, 2.05) is 55.7 Å². The number of hydrogen-bond donors (Lipinski definition) is 1. The van der Waals surface area contributed by atoms with E-state index in [1.54, 1.807) is 0 Å². The molecule has 38 heavy (non-hydrogen) atoms. The van der Waals surface area contributed by atoms with Gasteiger partial charge in [-0.3, -0.25) is 24.1 Å². The molecule has 1 aromatic rings. The molecule has 1 aromatic carbocycles. The molecule has 0 saturated carbocycles. The van der Waals surface area contributed by atoms with Crippen molar-refractivity contribution in [2.45, 2.75) is 65.3 Å². The second-order valence-electron chi connectivity index (χ2n) is 11.1. The van der Waals surface area contributed by atoms with Gasteiger partial charge in [-0.05, 0) is 43.4 Å². The lowest BCUT2D eigenvalue weighted by Gasteiger charge is -2.30. The topological polar surface area (TPSA) is 109 Å². The number of ether oxygens (including phenoxy) is 2. The van der Waals surface area contributed by atoms with Crippen molar-refractivity contribution in [2.75, 3.05) is 46.1 Å². The fourth-order valence-electron chi connectivity index (χ4n) is 5.80. The Morgan fingerprint density at radius 1 is 1.18 bits per heavy atom. The zero-order chi connectivity index (χ0) is 27.4. The lowest BCUT2D eigenvalue weighted by molar-refractivity contribution is -0.188. The number of aliphatic carboxylic acids is 1. The number of rotatable bonds is 12. The summed E-state index contributed by atoms with van der Waals surface area (Å²) in [5.74, 6) is -0.843. The van der Waals surface area contributed by atoms with Crippen LogP contribution >= 0.6 is 0 Å². The Morgan fingerprint density at radius 3 is 2.61 bits per heavy atom. The van der Waals surface area contributed by atoms with E-state index in [1.165, 1.54) is 5.06 Å². The first-order valence-electron chi connectivity index (χ1n) is 13.7. The van der Waals surface area contributed by atoms with Crippen LogP contribution in [0.1, 0.15) is 64.9 Å². The lowest BCUT2D eigenvalue weighted by atomic mass is 9.84. The molecule has 3 aliphatic rings. The highest BCUT2D eigenvalue weighted by atomic mass is 16.7. The van der Waals surface area contributed by atoms with Gasteiger partial charge >= 0.3 is 5.97 Å². The monoisotopic (exact) mass is 531 g/mol. The quantitative estimate of drug-likeness (QED) is 0.410. The fraction of sp³-hybridized carbons (Fsp3) is 0.679. The molecule has 1 N–H and O–H groups in total. The molecule has 2 amide bonds. The number of carboxylic acids is 1. The van der Waals surface area contributed by atoms with Crippen LogP contribution in [0, 0.1) is 11.3 Å². The van der Waals surface area contributed by atoms with E-state index in [-0.39, 0.29) is 31.1 Å². The molecule has 3 heterocycles. The van der Waals surface area contributed by atoms with E-state index < -0.39 is 23.3 Å². The Kier molecular flexibility index (Phi) is 8.82. The van der Waals surface area contributed by atoms with Crippen molar-refractivity contribution in [1.82, 2.24) is 14.9 Å². The molecule has 0 spiro atoms. The van der Waals surface area contributed by atoms with Crippen LogP contribution in [0.25, 0.3) is 0 Å². The van der Waals surface area contributed by atoms with Crippen LogP contribution < -0.4 is 9.47 Å². The molecule has 2 saturated heterocycles. The number of likely N-dealkylation sites (tertiary alicyclic amines) is 2. The van der Waals surface area contributed by atoms with Crippen LogP contribution in [0.5, 0.6) is 11.5 Å². The molecule has 0 aromatic heterocycles. The van der Waals surface area contributed by atoms with E-state index >= 15 is 0 Å². The van der Waals surface area contributed by atoms with E-state index in [2.05, 4.69) is 0 Å². The smallest absolute Gasteiger partial charge is 0.308 e. The molecular formula is C28H41N3O7. The predicted octanol–water partition coefficient (Wildman–Crippen LogP) is 3.11. The van der Waals surface area contributed by atoms with Gasteiger partial charge in [-0.1, -0.05) is 33.8 Å². The van der Waals surface area contributed by atoms with Crippen LogP contribution in [-0.4, -0.2) is 89.9 Å². The Bertz CT molecular complexity index is 1030. The molecular weight excluding hydrogens is 490 g/mol. The van der Waals surface area contributed by atoms with Crippen molar-refractivity contribution in [2.24, 2.45) is 11.3 Å². The minimum Gasteiger partial charge on any atom is -0.481 e. The molecule has 3 atom stereocenters. The minimum atomic E-state index is -0.909. The van der Waals surface area contributed by atoms with E-state index in [0.29, 0.717) is 50.7 Å². The van der Waals surface area contributed by atoms with Gasteiger partial charge in [0.2, 0.25) is 12.7 Å². The van der Waals surface area contributed by atoms with Gasteiger partial charge < -0.3 is 19.5 Å². The molecule has 210 valence electrons. The predicted molar refractivity (Wildman–Crippen MR) is 140 cm³/mol. The maximum atomic E-state index is 13.3. The van der Waals surface area contributed by atoms with Crippen LogP contribution in [0.4, 0.5) is 0 Å². The third-order valence-electron chi connectivity index (χ3n) is 7.92. The number of carbonyl (C=O) groups is 3. The summed E-state index contributed by atoms with van der Waals surface area (Å²) in [5.41, 5.74) is 0.441. The van der Waals surface area contributed by atoms with Crippen LogP contribution in [0.3, 0.4) is 0 Å². The Morgan fingerprint density at radius 2 is 1.95 bits per heavy atom. The number of carbonyl (C=O) groups excluding carboxylic acids is 2. The van der Waals surface area contributed by atoms with Gasteiger partial charge in [0, 0.05) is 43.6 Å². The van der Waals surface area contributed by atoms with Crippen molar-refractivity contribution in [3.8, 4) is 11.5 Å². The highest BCUT2D eigenvalue weighted by Crippen LogP contribution is 2.43. The first-order valence-corrected chi connectivity index (χ1v) is 13.7. The molecule has 0 unspecified atom stereocenters. The average Bonchev–Trinajstić information content (AvgIpc) is 3.56. The number of amides is 2. The summed E-state index contributed by atoms with van der Waals surface area (Å²) in [6.45, 7) is 10.5. The standard InChI is InChI=1S/C28H41N3O7/c1-5-11-31(38-14-6-2)24(32)17-30-16-20(19-7-8-22-23(15-19)37-18-36-22)25(26(33)34)21(30)9-12-29-13-10-28(3,4)27(29)35/h7-8,15,20-21,25H,5-6,9-14,16-18H2,1-4H3,(H,33,34)/t20-,21+,25-/m1/s1. The summed E-state index contributed by atoms with van der Waals surface area (Å²) in [6, 6.07) is 5.13. The first-order chi connectivity index (χ1) is 18.2. The normalized spacial score (nSPS) is 24.3. The van der Waals surface area contributed by atoms with Gasteiger partial charge in [0.1, 0.15) is 0 Å². The molecule has 0 radical (unpaired) electrons. The maximum Gasteiger partial charge on any atom is 0.308 e. The molecule has 4 rings (SSSR count). The number of hydrogen-bond acceptors (Lipinski definition) is 7. The number of fused-ring (bicyclic) bond motifs is 1. The minimum absolute atomic E-state index is 0.0542. The number of benzene rings is 1. The van der Waals surface area contributed by atoms with Crippen molar-refractivity contribution in [3.63, 3.8) is 0 Å². The number of hydroxylamine groups is 2. The molecule has 3 aliphatic heterocycles. The Labute approximate surface area is 224 Å². The van der Waals surface area contributed by atoms with Gasteiger partial charge in [0.25, 0.3) is 5.91 Å². The largest absolute Gasteiger partial charge is 0.481 e. The van der Waals surface area contributed by atoms with Gasteiger partial charge in [-0.15, -0.1) is 0 Å². The van der Waals surface area contributed by atoms with Crippen molar-refractivity contribution >= 4 is 17.8 Å². The summed E-state index contributed by atoms with van der Waals surface area (Å²) < 4.78 is 11.0. The SMILES string of the molecule is CCCON(CCC)C(=O)CN1C[C@H](c2ccc3c(c2)OCO3)[C@@H](C(=O)O)[C@@H]1CCN1CCC(C)(C)C1=O. The van der Waals surface area contributed by atoms with Crippen molar-refractivity contribution in [1.29, 1.82) is 0 Å². The summed E-state index contributed by atoms with van der Waals surface area (Å²) in [4.78, 5) is 48.4. The van der Waals surface area contributed by atoms with Crippen molar-refractivity contribution < 1.29 is 33.8 Å². The van der Waals surface area contributed by atoms with E-state index in [0.717, 1.165) is 24.8 Å². The third-order valence-corrected chi connectivity index (χ3v) is 7.92. The first kappa shape index (κ1) is 28.2. The summed E-state index contributed by atoms with van der Waals surface area (Å²) in [5, 5.41) is 11.8. The molecule has 2 fully saturated rings. The van der Waals surface area contributed by atoms with Crippen LogP contribution in [-0.2, 0) is 19.2 Å². The highest BCUT2D eigenvalue weighted by Gasteiger charge is 2.48. The summed E-state index contributed by atoms with van der Waals surface area (Å²) >= 11 is 0. The summed E-state index contributed by atoms with van der Waals surface area (Å²) in [7, 11) is 0. The Balaban J connectivity index is 1.58. The number of nitrogens with zero attached hydrogens (tertiary/aromatic N) is 3. The second-order valence-corrected chi connectivity index (χ2v) is 11.1. The van der Waals surface area contributed by atoms with E-state index in [4.69, 9.17) is 14.3 Å². The highest BCUT2D eigenvalue weighted by molar-refractivity contribution is 5.84.